The summed E-state index contributed by atoms with van der Waals surface area (Å²) < 4.78 is 84.8. The van der Waals surface area contributed by atoms with Gasteiger partial charge in [-0.25, -0.2) is 0 Å². The van der Waals surface area contributed by atoms with E-state index in [4.69, 9.17) is 36.2 Å². The Hall–Kier alpha value is 1.41. The van der Waals surface area contributed by atoms with Crippen molar-refractivity contribution in [1.29, 1.82) is 0 Å². The SMILES string of the molecule is CCCCCCCCOP(=O)([O-])OCCCCCCCC.CCCCCCCCOP(=O)([O-])OCCCCCCCC.CCCCCCCCOP(=O)([O-])OCCCCCCCC.CCCCCCCCOP(=O)([O-])OCCCCCCCC.[S+2].[Zn+2]. The molecule has 0 aromatic carbocycles. The molecule has 0 aromatic heterocycles. The summed E-state index contributed by atoms with van der Waals surface area (Å²) >= 11 is 0. The first-order valence-electron chi connectivity index (χ1n) is 34.9. The molecule has 22 heteroatoms. The van der Waals surface area contributed by atoms with Crippen molar-refractivity contribution < 1.29 is 93.5 Å². The Morgan fingerprint density at radius 3 is 0.360 bits per heavy atom. The molecule has 16 nitrogen and oxygen atoms in total. The van der Waals surface area contributed by atoms with Gasteiger partial charge in [-0.2, -0.15) is 0 Å². The summed E-state index contributed by atoms with van der Waals surface area (Å²) in [7, 11) is -16.3. The van der Waals surface area contributed by atoms with Crippen LogP contribution in [0.25, 0.3) is 0 Å². The van der Waals surface area contributed by atoms with Crippen LogP contribution >= 0.6 is 31.3 Å². The van der Waals surface area contributed by atoms with Crippen LogP contribution in [-0.2, 0) is 87.4 Å². The van der Waals surface area contributed by atoms with E-state index in [0.717, 1.165) is 154 Å². The van der Waals surface area contributed by atoms with Crippen LogP contribution in [0.15, 0.2) is 0 Å². The number of unbranched alkanes of at least 4 members (excludes halogenated alkanes) is 40. The Morgan fingerprint density at radius 2 is 0.267 bits per heavy atom. The molecule has 0 unspecified atom stereocenters. The first-order valence-corrected chi connectivity index (χ1v) is 40.7. The number of hydrogen-bond acceptors (Lipinski definition) is 16. The van der Waals surface area contributed by atoms with E-state index in [0.29, 0.717) is 0 Å². The van der Waals surface area contributed by atoms with Gasteiger partial charge in [0.05, 0.1) is 52.9 Å². The monoisotopic (exact) mass is 1380 g/mol. The molecule has 0 aromatic rings. The molecule has 0 rings (SSSR count). The molecule has 516 valence electrons. The van der Waals surface area contributed by atoms with Gasteiger partial charge in [-0.3, -0.25) is 18.3 Å². The molecular formula is C64H136O16P4SZn. The largest absolute Gasteiger partial charge is 2.00 e. The van der Waals surface area contributed by atoms with Gasteiger partial charge in [-0.05, 0) is 51.4 Å². The second-order valence-electron chi connectivity index (χ2n) is 22.6. The maximum atomic E-state index is 11.5. The van der Waals surface area contributed by atoms with Gasteiger partial charge in [0.25, 0.3) is 31.3 Å². The van der Waals surface area contributed by atoms with Gasteiger partial charge >= 0.3 is 33.0 Å². The summed E-state index contributed by atoms with van der Waals surface area (Å²) in [5.74, 6) is 0. The summed E-state index contributed by atoms with van der Waals surface area (Å²) in [6.07, 6.45) is 53.3. The van der Waals surface area contributed by atoms with Crippen LogP contribution in [0.2, 0.25) is 0 Å². The van der Waals surface area contributed by atoms with Crippen LogP contribution in [0.5, 0.6) is 0 Å². The number of hydrogen-bond donors (Lipinski definition) is 0. The zero-order chi connectivity index (χ0) is 63.3. The molecule has 0 aliphatic carbocycles. The molecule has 0 amide bonds. The van der Waals surface area contributed by atoms with Crippen molar-refractivity contribution in [2.75, 3.05) is 52.9 Å². The Kier molecular flexibility index (Phi) is 90.3. The van der Waals surface area contributed by atoms with Crippen LogP contribution in [0.3, 0.4) is 0 Å². The van der Waals surface area contributed by atoms with E-state index >= 15 is 0 Å². The molecule has 0 spiro atoms. The minimum Gasteiger partial charge on any atom is -0.756 e. The number of phosphoric ester groups is 4. The van der Waals surface area contributed by atoms with Crippen LogP contribution in [0.4, 0.5) is 0 Å². The average molecular weight is 1380 g/mol. The summed E-state index contributed by atoms with van der Waals surface area (Å²) in [6.45, 7) is 19.5. The molecule has 0 saturated heterocycles. The van der Waals surface area contributed by atoms with E-state index < -0.39 is 31.3 Å². The molecular weight excluding hydrogens is 1250 g/mol. The van der Waals surface area contributed by atoms with E-state index in [9.17, 15) is 37.8 Å². The zero-order valence-corrected chi connectivity index (χ0v) is 64.4. The quantitative estimate of drug-likeness (QED) is 0.0313. The molecule has 0 bridgehead atoms. The molecule has 0 fully saturated rings. The second kappa shape index (κ2) is 78.9. The zero-order valence-electron chi connectivity index (χ0n) is 57.0. The Labute approximate surface area is 551 Å². The second-order valence-corrected chi connectivity index (χ2v) is 28.2. The van der Waals surface area contributed by atoms with Gasteiger partial charge in [0.1, 0.15) is 0 Å². The van der Waals surface area contributed by atoms with E-state index in [1.54, 1.807) is 0 Å². The molecule has 0 saturated carbocycles. The molecule has 0 heterocycles. The Balaban J connectivity index is -0.000000246. The van der Waals surface area contributed by atoms with E-state index in [1.165, 1.54) is 154 Å². The van der Waals surface area contributed by atoms with Crippen molar-refractivity contribution in [2.24, 2.45) is 0 Å². The van der Waals surface area contributed by atoms with Crippen molar-refractivity contribution in [3.63, 3.8) is 0 Å². The minimum atomic E-state index is -4.07. The third-order valence-electron chi connectivity index (χ3n) is 14.0. The maximum Gasteiger partial charge on any atom is 2.00 e. The van der Waals surface area contributed by atoms with Crippen molar-refractivity contribution in [1.82, 2.24) is 0 Å². The summed E-state index contributed by atoms with van der Waals surface area (Å²) in [4.78, 5) is 45.9. The van der Waals surface area contributed by atoms with Gasteiger partial charge in [0.2, 0.25) is 0 Å². The fourth-order valence-corrected chi connectivity index (χ4v) is 11.7. The third-order valence-corrected chi connectivity index (χ3v) is 18.0. The van der Waals surface area contributed by atoms with Gasteiger partial charge in [-0.1, -0.05) is 312 Å². The normalized spacial score (nSPS) is 11.7. The molecule has 0 N–H and O–H groups in total. The predicted molar refractivity (Wildman–Crippen MR) is 352 cm³/mol. The summed E-state index contributed by atoms with van der Waals surface area (Å²) in [5.41, 5.74) is 0. The predicted octanol–water partition coefficient (Wildman–Crippen LogP) is 20.8. The van der Waals surface area contributed by atoms with Crippen molar-refractivity contribution in [3.05, 3.63) is 0 Å². The van der Waals surface area contributed by atoms with Gasteiger partial charge < -0.3 is 55.8 Å². The van der Waals surface area contributed by atoms with Crippen molar-refractivity contribution in [3.8, 4) is 0 Å². The Bertz CT molecular complexity index is 1170. The van der Waals surface area contributed by atoms with Crippen LogP contribution in [0.1, 0.15) is 364 Å². The topological polar surface area (TPSA) is 234 Å². The maximum absolute atomic E-state index is 11.5. The average Bonchev–Trinajstić information content (AvgIpc) is 3.59. The number of phosphoric acid groups is 4. The first kappa shape index (κ1) is 98.5. The first-order chi connectivity index (χ1) is 40.5. The smallest absolute Gasteiger partial charge is 0.756 e. The molecule has 0 atom stereocenters. The third kappa shape index (κ3) is 91.8. The minimum absolute atomic E-state index is 0. The van der Waals surface area contributed by atoms with Crippen molar-refractivity contribution in [2.45, 2.75) is 364 Å². The van der Waals surface area contributed by atoms with Gasteiger partial charge in [-0.15, -0.1) is 0 Å². The summed E-state index contributed by atoms with van der Waals surface area (Å²) in [5, 5.41) is 0. The van der Waals surface area contributed by atoms with E-state index in [1.807, 2.05) is 0 Å². The van der Waals surface area contributed by atoms with Crippen LogP contribution in [0, 0.1) is 0 Å². The number of rotatable bonds is 64. The fourth-order valence-electron chi connectivity index (χ4n) is 8.62. The van der Waals surface area contributed by atoms with E-state index in [2.05, 4.69) is 55.4 Å². The fraction of sp³-hybridized carbons (Fsp3) is 1.00. The molecule has 4 radical (unpaired) electrons. The summed E-state index contributed by atoms with van der Waals surface area (Å²) in [6, 6.07) is 0. The van der Waals surface area contributed by atoms with Gasteiger partial charge in [0, 0.05) is 0 Å². The standard InChI is InChI=1S/4C16H35O4P.S.Zn/c4*1-3-5-7-9-11-13-15-19-21(17,18)20-16-14-12-10-8-6-4-2;;/h4*3-16H2,1-2H3,(H,17,18);;/q;;;;2*+2/p-4. The Morgan fingerprint density at radius 1 is 0.186 bits per heavy atom. The van der Waals surface area contributed by atoms with E-state index in [-0.39, 0.29) is 85.8 Å². The molecule has 86 heavy (non-hydrogen) atoms. The molecule has 0 aliphatic rings. The van der Waals surface area contributed by atoms with Crippen LogP contribution in [-0.4, -0.2) is 52.9 Å². The van der Waals surface area contributed by atoms with Crippen molar-refractivity contribution >= 4 is 44.8 Å². The molecule has 0 aliphatic heterocycles. The van der Waals surface area contributed by atoms with Crippen LogP contribution < -0.4 is 19.6 Å². The van der Waals surface area contributed by atoms with Gasteiger partial charge in [0.15, 0.2) is 0 Å².